The van der Waals surface area contributed by atoms with Crippen LogP contribution in [0.4, 0.5) is 0 Å². The number of piperidine rings is 1. The number of aromatic nitrogens is 2. The van der Waals surface area contributed by atoms with E-state index in [1.165, 1.54) is 37.0 Å². The van der Waals surface area contributed by atoms with Gasteiger partial charge in [0.2, 0.25) is 0 Å². The monoisotopic (exact) mass is 367 g/mol. The number of rotatable bonds is 1. The fraction of sp³-hybridized carbons (Fsp3) is 0.450. The number of hydrogen-bond acceptors (Lipinski definition) is 4. The molecule has 1 aliphatic carbocycles. The molecule has 5 rings (SSSR count). The molecule has 0 spiro atoms. The van der Waals surface area contributed by atoms with Crippen molar-refractivity contribution in [3.63, 3.8) is 0 Å². The first kappa shape index (κ1) is 16.0. The zero-order valence-electron chi connectivity index (χ0n) is 14.6. The van der Waals surface area contributed by atoms with E-state index in [4.69, 9.17) is 0 Å². The number of likely N-dealkylation sites (tertiary alicyclic amines) is 1. The van der Waals surface area contributed by atoms with Gasteiger partial charge in [0, 0.05) is 18.8 Å². The summed E-state index contributed by atoms with van der Waals surface area (Å²) in [6, 6.07) is 7.63. The first-order valence-corrected chi connectivity index (χ1v) is 10.3. The van der Waals surface area contributed by atoms with Gasteiger partial charge in [-0.25, -0.2) is 4.98 Å². The summed E-state index contributed by atoms with van der Waals surface area (Å²) in [5.74, 6) is 0.736. The lowest BCUT2D eigenvalue weighted by atomic mass is 9.78. The van der Waals surface area contributed by atoms with Crippen molar-refractivity contribution in [2.24, 2.45) is 5.92 Å². The lowest BCUT2D eigenvalue weighted by molar-refractivity contribution is 0.0395. The molecule has 2 fully saturated rings. The predicted molar refractivity (Wildman–Crippen MR) is 103 cm³/mol. The summed E-state index contributed by atoms with van der Waals surface area (Å²) in [4.78, 5) is 33.9. The van der Waals surface area contributed by atoms with Crippen LogP contribution in [0.15, 0.2) is 35.3 Å². The normalized spacial score (nSPS) is 23.3. The average molecular weight is 367 g/mol. The maximum Gasteiger partial charge on any atom is 0.266 e. The van der Waals surface area contributed by atoms with Gasteiger partial charge >= 0.3 is 0 Å². The Morgan fingerprint density at radius 3 is 2.92 bits per heavy atom. The second-order valence-electron chi connectivity index (χ2n) is 7.43. The molecule has 1 aliphatic heterocycles. The Kier molecular flexibility index (Phi) is 3.81. The highest BCUT2D eigenvalue weighted by molar-refractivity contribution is 7.20. The van der Waals surface area contributed by atoms with Crippen LogP contribution in [0.2, 0.25) is 0 Å². The summed E-state index contributed by atoms with van der Waals surface area (Å²) in [6.45, 7) is 0.836. The van der Waals surface area contributed by atoms with E-state index >= 15 is 0 Å². The molecule has 0 radical (unpaired) electrons. The van der Waals surface area contributed by atoms with E-state index in [0.29, 0.717) is 32.7 Å². The number of fused-ring (bicyclic) bond motifs is 3. The molecule has 1 amide bonds. The second-order valence-corrected chi connectivity index (χ2v) is 8.46. The SMILES string of the molecule is O=C(c1cc2c(=O)n3ccccc3nc2s1)N1CCCC2CCCCC21. The first-order valence-electron chi connectivity index (χ1n) is 9.44. The quantitative estimate of drug-likeness (QED) is 0.659. The highest BCUT2D eigenvalue weighted by atomic mass is 32.1. The molecule has 2 unspecified atom stereocenters. The van der Waals surface area contributed by atoms with Crippen LogP contribution in [-0.4, -0.2) is 32.8 Å². The average Bonchev–Trinajstić information content (AvgIpc) is 3.11. The number of amides is 1. The van der Waals surface area contributed by atoms with Gasteiger partial charge in [-0.2, -0.15) is 0 Å². The molecule has 6 heteroatoms. The summed E-state index contributed by atoms with van der Waals surface area (Å²) in [6.07, 6.45) is 8.92. The minimum atomic E-state index is -0.102. The van der Waals surface area contributed by atoms with Crippen LogP contribution >= 0.6 is 11.3 Å². The number of thiophene rings is 1. The maximum atomic E-state index is 13.2. The molecular weight excluding hydrogens is 346 g/mol. The largest absolute Gasteiger partial charge is 0.335 e. The van der Waals surface area contributed by atoms with E-state index in [9.17, 15) is 9.59 Å². The highest BCUT2D eigenvalue weighted by Crippen LogP contribution is 2.36. The van der Waals surface area contributed by atoms with Crippen LogP contribution in [-0.2, 0) is 0 Å². The standard InChI is InChI=1S/C20H21N3O2S/c24-19-14-12-16(26-18(14)21-17-9-3-4-10-23(17)19)20(25)22-11-5-7-13-6-1-2-8-15(13)22/h3-4,9-10,12-13,15H,1-2,5-8,11H2. The molecule has 2 aliphatic rings. The molecule has 3 aromatic rings. The van der Waals surface area contributed by atoms with Crippen molar-refractivity contribution >= 4 is 33.1 Å². The molecule has 1 saturated carbocycles. The number of carbonyl (C=O) groups excluding carboxylic acids is 1. The Morgan fingerprint density at radius 2 is 2.00 bits per heavy atom. The van der Waals surface area contributed by atoms with E-state index in [2.05, 4.69) is 9.88 Å². The molecule has 2 atom stereocenters. The molecule has 0 N–H and O–H groups in total. The van der Waals surface area contributed by atoms with Crippen molar-refractivity contribution in [1.82, 2.24) is 14.3 Å². The van der Waals surface area contributed by atoms with Crippen molar-refractivity contribution in [3.05, 3.63) is 45.7 Å². The van der Waals surface area contributed by atoms with Gasteiger partial charge in [0.1, 0.15) is 10.5 Å². The molecular formula is C20H21N3O2S. The van der Waals surface area contributed by atoms with Gasteiger partial charge in [0.25, 0.3) is 11.5 Å². The predicted octanol–water partition coefficient (Wildman–Crippen LogP) is 3.70. The van der Waals surface area contributed by atoms with E-state index in [1.807, 2.05) is 18.2 Å². The van der Waals surface area contributed by atoms with Crippen molar-refractivity contribution in [2.75, 3.05) is 6.54 Å². The summed E-state index contributed by atoms with van der Waals surface area (Å²) >= 11 is 1.35. The fourth-order valence-corrected chi connectivity index (χ4v) is 5.66. The van der Waals surface area contributed by atoms with E-state index < -0.39 is 0 Å². The summed E-state index contributed by atoms with van der Waals surface area (Å²) < 4.78 is 1.54. The van der Waals surface area contributed by atoms with Crippen LogP contribution in [0.5, 0.6) is 0 Å². The molecule has 0 bridgehead atoms. The number of nitrogens with zero attached hydrogens (tertiary/aromatic N) is 3. The zero-order chi connectivity index (χ0) is 17.7. The lowest BCUT2D eigenvalue weighted by Crippen LogP contribution is -2.49. The topological polar surface area (TPSA) is 54.7 Å². The molecule has 4 heterocycles. The van der Waals surface area contributed by atoms with Gasteiger partial charge in [0.05, 0.1) is 10.3 Å². The van der Waals surface area contributed by atoms with E-state index in [0.717, 1.165) is 19.4 Å². The van der Waals surface area contributed by atoms with Crippen molar-refractivity contribution in [2.45, 2.75) is 44.6 Å². The van der Waals surface area contributed by atoms with Crippen LogP contribution in [0.3, 0.4) is 0 Å². The zero-order valence-corrected chi connectivity index (χ0v) is 15.4. The van der Waals surface area contributed by atoms with Crippen LogP contribution in [0.25, 0.3) is 15.9 Å². The summed E-state index contributed by atoms with van der Waals surface area (Å²) in [5, 5.41) is 0.541. The van der Waals surface area contributed by atoms with Crippen LogP contribution < -0.4 is 5.56 Å². The van der Waals surface area contributed by atoms with Crippen molar-refractivity contribution in [3.8, 4) is 0 Å². The van der Waals surface area contributed by atoms with Crippen molar-refractivity contribution < 1.29 is 4.79 Å². The molecule has 3 aromatic heterocycles. The third kappa shape index (κ3) is 2.47. The maximum absolute atomic E-state index is 13.2. The van der Waals surface area contributed by atoms with Gasteiger partial charge in [-0.15, -0.1) is 11.3 Å². The minimum absolute atomic E-state index is 0.0815. The van der Waals surface area contributed by atoms with Gasteiger partial charge in [-0.1, -0.05) is 18.9 Å². The highest BCUT2D eigenvalue weighted by Gasteiger charge is 2.36. The Bertz CT molecular complexity index is 1050. The van der Waals surface area contributed by atoms with Gasteiger partial charge in [-0.05, 0) is 49.8 Å². The Labute approximate surface area is 155 Å². The van der Waals surface area contributed by atoms with Gasteiger partial charge in [-0.3, -0.25) is 14.0 Å². The lowest BCUT2D eigenvalue weighted by Gasteiger charge is -2.44. The molecule has 1 saturated heterocycles. The molecule has 26 heavy (non-hydrogen) atoms. The number of carbonyl (C=O) groups is 1. The Balaban J connectivity index is 1.56. The molecule has 5 nitrogen and oxygen atoms in total. The van der Waals surface area contributed by atoms with Crippen LogP contribution in [0, 0.1) is 5.92 Å². The van der Waals surface area contributed by atoms with Gasteiger partial charge in [0.15, 0.2) is 0 Å². The molecule has 134 valence electrons. The van der Waals surface area contributed by atoms with E-state index in [-0.39, 0.29) is 11.5 Å². The third-order valence-corrected chi connectivity index (χ3v) is 6.95. The smallest absolute Gasteiger partial charge is 0.266 e. The number of pyridine rings is 1. The molecule has 0 aromatic carbocycles. The third-order valence-electron chi connectivity index (χ3n) is 5.93. The Hall–Kier alpha value is -2.21. The van der Waals surface area contributed by atoms with E-state index in [1.54, 1.807) is 16.7 Å². The second kappa shape index (κ2) is 6.20. The summed E-state index contributed by atoms with van der Waals surface area (Å²) in [7, 11) is 0. The van der Waals surface area contributed by atoms with Gasteiger partial charge < -0.3 is 4.90 Å². The summed E-state index contributed by atoms with van der Waals surface area (Å²) in [5.41, 5.74) is 0.520. The minimum Gasteiger partial charge on any atom is -0.335 e. The number of hydrogen-bond donors (Lipinski definition) is 0. The fourth-order valence-electron chi connectivity index (χ4n) is 4.67. The van der Waals surface area contributed by atoms with Crippen molar-refractivity contribution in [1.29, 1.82) is 0 Å². The first-order chi connectivity index (χ1) is 12.7. The van der Waals surface area contributed by atoms with Crippen LogP contribution in [0.1, 0.15) is 48.2 Å². The Morgan fingerprint density at radius 1 is 1.15 bits per heavy atom.